The van der Waals surface area contributed by atoms with Crippen molar-refractivity contribution in [3.05, 3.63) is 101 Å². The number of anilines is 1. The Bertz CT molecular complexity index is 1580. The van der Waals surface area contributed by atoms with Crippen molar-refractivity contribution in [2.24, 2.45) is 5.92 Å². The first-order chi connectivity index (χ1) is 21.6. The molecule has 2 unspecified atom stereocenters. The van der Waals surface area contributed by atoms with Crippen LogP contribution >= 0.6 is 0 Å². The molecular weight excluding hydrogens is 591 g/mol. The molecular formula is C34H41FN4O5Si. The van der Waals surface area contributed by atoms with Crippen LogP contribution in [0.3, 0.4) is 0 Å². The van der Waals surface area contributed by atoms with E-state index >= 15 is 4.11 Å². The predicted molar refractivity (Wildman–Crippen MR) is 173 cm³/mol. The molecule has 0 spiro atoms. The molecule has 1 amide bonds. The number of aliphatic hydroxyl groups is 1. The minimum Gasteiger partial charge on any atom is -0.497 e. The molecule has 1 aliphatic rings. The smallest absolute Gasteiger partial charge is 0.255 e. The number of aromatic nitrogens is 3. The molecule has 0 aliphatic carbocycles. The summed E-state index contributed by atoms with van der Waals surface area (Å²) in [5, 5.41) is 21.6. The molecule has 1 aromatic heterocycles. The monoisotopic (exact) mass is 632 g/mol. The second-order valence-corrected chi connectivity index (χ2v) is 15.9. The van der Waals surface area contributed by atoms with Gasteiger partial charge in [-0.05, 0) is 67.5 Å². The van der Waals surface area contributed by atoms with Crippen molar-refractivity contribution in [2.75, 3.05) is 26.1 Å². The Morgan fingerprint density at radius 1 is 1.11 bits per heavy atom. The van der Waals surface area contributed by atoms with Crippen LogP contribution in [0.25, 0.3) is 0 Å². The van der Waals surface area contributed by atoms with Crippen LogP contribution in [0.4, 0.5) is 9.80 Å². The molecule has 5 rings (SSSR count). The number of nitrogens with one attached hydrogen (secondary N) is 1. The zero-order valence-corrected chi connectivity index (χ0v) is 27.3. The second kappa shape index (κ2) is 13.9. The topological polar surface area (TPSA) is 108 Å². The van der Waals surface area contributed by atoms with E-state index in [0.29, 0.717) is 41.4 Å². The lowest BCUT2D eigenvalue weighted by Gasteiger charge is -2.43. The Morgan fingerprint density at radius 2 is 1.84 bits per heavy atom. The number of rotatable bonds is 12. The Hall–Kier alpha value is -4.06. The van der Waals surface area contributed by atoms with Gasteiger partial charge < -0.3 is 28.7 Å². The molecule has 9 nitrogen and oxygen atoms in total. The quantitative estimate of drug-likeness (QED) is 0.138. The van der Waals surface area contributed by atoms with Crippen molar-refractivity contribution in [2.45, 2.75) is 56.7 Å². The number of carbonyl (C=O) groups excluding carboxylic acids is 1. The van der Waals surface area contributed by atoms with Crippen molar-refractivity contribution in [3.8, 4) is 11.5 Å². The zero-order valence-electron chi connectivity index (χ0n) is 26.3. The molecule has 2 heterocycles. The first-order valence-corrected chi connectivity index (χ1v) is 18.1. The summed E-state index contributed by atoms with van der Waals surface area (Å²) < 4.78 is 35.5. The number of ether oxygens (including phenoxy) is 3. The predicted octanol–water partition coefficient (Wildman–Crippen LogP) is 6.38. The molecule has 4 aromatic rings. The van der Waals surface area contributed by atoms with Crippen LogP contribution < -0.4 is 14.8 Å². The summed E-state index contributed by atoms with van der Waals surface area (Å²) in [6.45, 7) is 5.82. The SMILES string of the molecule is COc1ccc(C(=O)Nc2ccc3c(c2)[C@@H](OC)[C@H](C)[C@@H](C(CCn2cc(C(CO)c4ccccc4)nn2)[Si](C)(C)F)O3)cc1. The van der Waals surface area contributed by atoms with Gasteiger partial charge in [-0.3, -0.25) is 9.48 Å². The number of hydrogen-bond donors (Lipinski definition) is 2. The van der Waals surface area contributed by atoms with E-state index in [4.69, 9.17) is 14.2 Å². The summed E-state index contributed by atoms with van der Waals surface area (Å²) >= 11 is 0. The molecule has 11 heteroatoms. The van der Waals surface area contributed by atoms with E-state index < -0.39 is 14.5 Å². The maximum absolute atomic E-state index is 16.0. The van der Waals surface area contributed by atoms with E-state index in [2.05, 4.69) is 15.6 Å². The van der Waals surface area contributed by atoms with E-state index in [1.807, 2.05) is 55.6 Å². The van der Waals surface area contributed by atoms with Crippen LogP contribution in [0.15, 0.2) is 79.0 Å². The van der Waals surface area contributed by atoms with Gasteiger partial charge in [0.05, 0.1) is 31.4 Å². The van der Waals surface area contributed by atoms with E-state index in [0.717, 1.165) is 11.1 Å². The number of fused-ring (bicyclic) bond motifs is 1. The lowest BCUT2D eigenvalue weighted by atomic mass is 9.86. The third-order valence-corrected chi connectivity index (χ3v) is 11.1. The molecule has 0 fully saturated rings. The summed E-state index contributed by atoms with van der Waals surface area (Å²) in [7, 11) is -0.0121. The molecule has 3 aromatic carbocycles. The molecule has 0 saturated carbocycles. The largest absolute Gasteiger partial charge is 0.497 e. The van der Waals surface area contributed by atoms with Gasteiger partial charge in [-0.15, -0.1) is 5.10 Å². The molecule has 2 N–H and O–H groups in total. The second-order valence-electron chi connectivity index (χ2n) is 12.0. The first kappa shape index (κ1) is 32.3. The highest BCUT2D eigenvalue weighted by atomic mass is 28.4. The van der Waals surface area contributed by atoms with Crippen LogP contribution in [0.5, 0.6) is 11.5 Å². The van der Waals surface area contributed by atoms with Crippen molar-refractivity contribution < 1.29 is 28.2 Å². The van der Waals surface area contributed by atoms with Gasteiger partial charge in [-0.25, -0.2) is 0 Å². The van der Waals surface area contributed by atoms with Crippen molar-refractivity contribution >= 4 is 20.0 Å². The van der Waals surface area contributed by atoms with Gasteiger partial charge in [0.25, 0.3) is 5.91 Å². The average Bonchev–Trinajstić information content (AvgIpc) is 3.50. The van der Waals surface area contributed by atoms with Crippen LogP contribution in [-0.4, -0.2) is 61.3 Å². The standard InChI is InChI=1S/C34H41FN4O5Si/c1-22-32(43-3)27-19-25(36-34(41)24-11-14-26(42-2)15-12-24)13-16-30(27)44-33(22)31(45(4,5)35)17-18-39-20-29(37-38-39)28(21-40)23-9-7-6-8-10-23/h6-16,19-20,22,28,31-33,40H,17-18,21H2,1-5H3,(H,36,41)/t22-,28?,31?,32-,33-/m0/s1. The van der Waals surface area contributed by atoms with Gasteiger partial charge in [-0.2, -0.15) is 0 Å². The van der Waals surface area contributed by atoms with Crippen molar-refractivity contribution in [1.29, 1.82) is 0 Å². The number of halogens is 1. The molecule has 238 valence electrons. The minimum absolute atomic E-state index is 0.0894. The molecule has 0 bridgehead atoms. The highest BCUT2D eigenvalue weighted by Crippen LogP contribution is 2.48. The van der Waals surface area contributed by atoms with Crippen molar-refractivity contribution in [3.63, 3.8) is 0 Å². The maximum atomic E-state index is 16.0. The summed E-state index contributed by atoms with van der Waals surface area (Å²) in [6, 6.07) is 22.1. The Kier molecular flexibility index (Phi) is 10.0. The molecule has 0 saturated heterocycles. The Balaban J connectivity index is 1.32. The lowest BCUT2D eigenvalue weighted by Crippen LogP contribution is -2.46. The zero-order chi connectivity index (χ0) is 32.1. The van der Waals surface area contributed by atoms with Gasteiger partial charge in [0.15, 0.2) is 0 Å². The number of methoxy groups -OCH3 is 2. The normalized spacial score (nSPS) is 19.2. The van der Waals surface area contributed by atoms with Gasteiger partial charge in [0.1, 0.15) is 17.6 Å². The minimum atomic E-state index is -3.23. The fourth-order valence-electron chi connectivity index (χ4n) is 6.21. The fraction of sp³-hybridized carbons (Fsp3) is 0.382. The number of carbonyl (C=O) groups is 1. The fourth-order valence-corrected chi connectivity index (χ4v) is 8.18. The Labute approximate surface area is 264 Å². The Morgan fingerprint density at radius 3 is 2.49 bits per heavy atom. The maximum Gasteiger partial charge on any atom is 0.255 e. The summed E-state index contributed by atoms with van der Waals surface area (Å²) in [6.07, 6.45) is 1.55. The van der Waals surface area contributed by atoms with Crippen molar-refractivity contribution in [1.82, 2.24) is 15.0 Å². The van der Waals surface area contributed by atoms with Crippen LogP contribution in [0, 0.1) is 5.92 Å². The first-order valence-electron chi connectivity index (χ1n) is 15.2. The van der Waals surface area contributed by atoms with Crippen LogP contribution in [-0.2, 0) is 11.3 Å². The molecule has 5 atom stereocenters. The number of aliphatic hydroxyl groups excluding tert-OH is 1. The summed E-state index contributed by atoms with van der Waals surface area (Å²) in [4.78, 5) is 12.9. The van der Waals surface area contributed by atoms with E-state index in [1.165, 1.54) is 0 Å². The summed E-state index contributed by atoms with van der Waals surface area (Å²) in [5.74, 6) is 0.600. The van der Waals surface area contributed by atoms with E-state index in [1.54, 1.807) is 62.3 Å². The van der Waals surface area contributed by atoms with E-state index in [-0.39, 0.29) is 36.0 Å². The van der Waals surface area contributed by atoms with Crippen LogP contribution in [0.1, 0.15) is 52.5 Å². The third-order valence-electron chi connectivity index (χ3n) is 8.68. The number of hydrogen-bond acceptors (Lipinski definition) is 7. The number of nitrogens with zero attached hydrogens (tertiary/aromatic N) is 3. The highest BCUT2D eigenvalue weighted by Gasteiger charge is 2.47. The average molecular weight is 633 g/mol. The van der Waals surface area contributed by atoms with Gasteiger partial charge in [0.2, 0.25) is 8.41 Å². The number of amides is 1. The molecule has 45 heavy (non-hydrogen) atoms. The molecule has 1 aliphatic heterocycles. The number of aryl methyl sites for hydroxylation is 1. The van der Waals surface area contributed by atoms with Gasteiger partial charge in [0, 0.05) is 48.1 Å². The third kappa shape index (κ3) is 7.27. The van der Waals surface area contributed by atoms with Gasteiger partial charge >= 0.3 is 0 Å². The number of benzene rings is 3. The summed E-state index contributed by atoms with van der Waals surface area (Å²) in [5.41, 5.74) is 3.19. The van der Waals surface area contributed by atoms with Crippen LogP contribution in [0.2, 0.25) is 18.6 Å². The lowest BCUT2D eigenvalue weighted by molar-refractivity contribution is -0.0242. The molecule has 0 radical (unpaired) electrons. The highest BCUT2D eigenvalue weighted by molar-refractivity contribution is 6.72. The van der Waals surface area contributed by atoms with Gasteiger partial charge in [-0.1, -0.05) is 42.5 Å². The van der Waals surface area contributed by atoms with E-state index in [9.17, 15) is 9.90 Å².